The van der Waals surface area contributed by atoms with Gasteiger partial charge in [-0.15, -0.1) is 0 Å². The zero-order chi connectivity index (χ0) is 18.9. The second-order valence-corrected chi connectivity index (χ2v) is 6.75. The molecule has 0 unspecified atom stereocenters. The highest BCUT2D eigenvalue weighted by Crippen LogP contribution is 2.29. The SMILES string of the molecule is COc1ccc(COC[C@H](COCOCc2ccccc2)[C@H]2O[C@H]2C)cc1. The van der Waals surface area contributed by atoms with Gasteiger partial charge < -0.3 is 23.7 Å². The van der Waals surface area contributed by atoms with E-state index in [2.05, 4.69) is 6.92 Å². The van der Waals surface area contributed by atoms with Gasteiger partial charge in [0.15, 0.2) is 0 Å². The maximum atomic E-state index is 5.89. The minimum absolute atomic E-state index is 0.204. The first-order chi connectivity index (χ1) is 13.3. The fourth-order valence-corrected chi connectivity index (χ4v) is 2.98. The van der Waals surface area contributed by atoms with Crippen molar-refractivity contribution in [3.8, 4) is 5.75 Å². The van der Waals surface area contributed by atoms with E-state index in [0.717, 1.165) is 16.9 Å². The van der Waals surface area contributed by atoms with E-state index in [9.17, 15) is 0 Å². The molecule has 1 aliphatic heterocycles. The number of ether oxygens (including phenoxy) is 5. The van der Waals surface area contributed by atoms with E-state index >= 15 is 0 Å². The lowest BCUT2D eigenvalue weighted by Crippen LogP contribution is -2.23. The van der Waals surface area contributed by atoms with Gasteiger partial charge in [0.1, 0.15) is 12.5 Å². The number of benzene rings is 2. The molecule has 3 atom stereocenters. The van der Waals surface area contributed by atoms with E-state index < -0.39 is 0 Å². The molecular formula is C22H28O5. The van der Waals surface area contributed by atoms with Gasteiger partial charge in [-0.2, -0.15) is 0 Å². The number of hydrogen-bond acceptors (Lipinski definition) is 5. The molecule has 1 heterocycles. The number of methoxy groups -OCH3 is 1. The zero-order valence-electron chi connectivity index (χ0n) is 16.0. The van der Waals surface area contributed by atoms with Crippen molar-refractivity contribution in [2.24, 2.45) is 5.92 Å². The topological polar surface area (TPSA) is 49.5 Å². The molecule has 0 aliphatic carbocycles. The molecule has 146 valence electrons. The third-order valence-corrected chi connectivity index (χ3v) is 4.59. The first-order valence-electron chi connectivity index (χ1n) is 9.32. The summed E-state index contributed by atoms with van der Waals surface area (Å²) in [5, 5.41) is 0. The lowest BCUT2D eigenvalue weighted by molar-refractivity contribution is -0.0822. The summed E-state index contributed by atoms with van der Waals surface area (Å²) in [7, 11) is 1.66. The van der Waals surface area contributed by atoms with Gasteiger partial charge in [0.2, 0.25) is 0 Å². The molecule has 0 aromatic heterocycles. The molecule has 0 saturated carbocycles. The third kappa shape index (κ3) is 6.63. The molecule has 5 nitrogen and oxygen atoms in total. The lowest BCUT2D eigenvalue weighted by Gasteiger charge is -2.16. The van der Waals surface area contributed by atoms with Gasteiger partial charge in [-0.1, -0.05) is 42.5 Å². The first-order valence-corrected chi connectivity index (χ1v) is 9.32. The summed E-state index contributed by atoms with van der Waals surface area (Å²) in [5.41, 5.74) is 2.26. The van der Waals surface area contributed by atoms with Crippen LogP contribution < -0.4 is 4.74 Å². The van der Waals surface area contributed by atoms with Gasteiger partial charge in [-0.25, -0.2) is 0 Å². The highest BCUT2D eigenvalue weighted by Gasteiger charge is 2.41. The molecule has 1 saturated heterocycles. The second kappa shape index (κ2) is 10.4. The standard InChI is InChI=1S/C22H28O5/c1-17-22(27-17)20(14-24-12-19-8-10-21(23-2)11-9-19)15-26-16-25-13-18-6-4-3-5-7-18/h3-11,17,20,22H,12-16H2,1-2H3/t17-,20+,22-/m0/s1. The summed E-state index contributed by atoms with van der Waals surface area (Å²) in [5.74, 6) is 1.05. The van der Waals surface area contributed by atoms with Gasteiger partial charge in [0.25, 0.3) is 0 Å². The molecule has 1 fully saturated rings. The fraction of sp³-hybridized carbons (Fsp3) is 0.455. The molecule has 0 N–H and O–H groups in total. The van der Waals surface area contributed by atoms with E-state index in [1.807, 2.05) is 54.6 Å². The van der Waals surface area contributed by atoms with Gasteiger partial charge in [-0.05, 0) is 30.2 Å². The molecule has 0 radical (unpaired) electrons. The fourth-order valence-electron chi connectivity index (χ4n) is 2.98. The lowest BCUT2D eigenvalue weighted by atomic mass is 10.1. The molecular weight excluding hydrogens is 344 g/mol. The normalized spacial score (nSPS) is 19.6. The Labute approximate surface area is 161 Å². The van der Waals surface area contributed by atoms with Crippen molar-refractivity contribution < 1.29 is 23.7 Å². The van der Waals surface area contributed by atoms with Crippen LogP contribution in [-0.2, 0) is 32.2 Å². The van der Waals surface area contributed by atoms with Gasteiger partial charge in [0, 0.05) is 5.92 Å². The molecule has 0 spiro atoms. The Bertz CT molecular complexity index is 658. The second-order valence-electron chi connectivity index (χ2n) is 6.75. The molecule has 2 aromatic rings. The average molecular weight is 372 g/mol. The minimum atomic E-state index is 0.204. The molecule has 0 amide bonds. The van der Waals surface area contributed by atoms with Crippen LogP contribution in [0, 0.1) is 5.92 Å². The predicted octanol–water partition coefficient (Wildman–Crippen LogP) is 3.81. The quantitative estimate of drug-likeness (QED) is 0.322. The maximum Gasteiger partial charge on any atom is 0.147 e. The van der Waals surface area contributed by atoms with Crippen molar-refractivity contribution in [3.05, 3.63) is 65.7 Å². The Kier molecular flexibility index (Phi) is 7.66. The predicted molar refractivity (Wildman–Crippen MR) is 103 cm³/mol. The van der Waals surface area contributed by atoms with Crippen LogP contribution in [0.2, 0.25) is 0 Å². The average Bonchev–Trinajstić information content (AvgIpc) is 3.44. The molecule has 5 heteroatoms. The van der Waals surface area contributed by atoms with Crippen molar-refractivity contribution in [1.82, 2.24) is 0 Å². The number of epoxide rings is 1. The first kappa shape index (κ1) is 19.8. The van der Waals surface area contributed by atoms with Crippen LogP contribution in [0.5, 0.6) is 5.75 Å². The summed E-state index contributed by atoms with van der Waals surface area (Å²) in [6.45, 7) is 4.62. The van der Waals surface area contributed by atoms with Crippen LogP contribution in [0.4, 0.5) is 0 Å². The Morgan fingerprint density at radius 1 is 0.852 bits per heavy atom. The zero-order valence-corrected chi connectivity index (χ0v) is 16.0. The Balaban J connectivity index is 1.34. The highest BCUT2D eigenvalue weighted by atomic mass is 16.7. The van der Waals surface area contributed by atoms with Crippen molar-refractivity contribution in [3.63, 3.8) is 0 Å². The van der Waals surface area contributed by atoms with E-state index in [-0.39, 0.29) is 24.9 Å². The van der Waals surface area contributed by atoms with Crippen LogP contribution in [0.3, 0.4) is 0 Å². The van der Waals surface area contributed by atoms with Crippen LogP contribution >= 0.6 is 0 Å². The Hall–Kier alpha value is -1.92. The van der Waals surface area contributed by atoms with Gasteiger partial charge in [0.05, 0.1) is 45.7 Å². The van der Waals surface area contributed by atoms with Crippen LogP contribution in [0.1, 0.15) is 18.1 Å². The third-order valence-electron chi connectivity index (χ3n) is 4.59. The van der Waals surface area contributed by atoms with E-state index in [1.165, 1.54) is 0 Å². The molecule has 2 aromatic carbocycles. The van der Waals surface area contributed by atoms with Crippen LogP contribution in [0.15, 0.2) is 54.6 Å². The van der Waals surface area contributed by atoms with Crippen molar-refractivity contribution >= 4 is 0 Å². The van der Waals surface area contributed by atoms with E-state index in [1.54, 1.807) is 7.11 Å². The van der Waals surface area contributed by atoms with Crippen LogP contribution in [0.25, 0.3) is 0 Å². The van der Waals surface area contributed by atoms with Crippen molar-refractivity contribution in [1.29, 1.82) is 0 Å². The Morgan fingerprint density at radius 3 is 2.15 bits per heavy atom. The molecule has 3 rings (SSSR count). The van der Waals surface area contributed by atoms with E-state index in [0.29, 0.717) is 26.4 Å². The van der Waals surface area contributed by atoms with Crippen molar-refractivity contribution in [2.45, 2.75) is 32.3 Å². The Morgan fingerprint density at radius 2 is 1.48 bits per heavy atom. The largest absolute Gasteiger partial charge is 0.497 e. The summed E-state index contributed by atoms with van der Waals surface area (Å²) in [6, 6.07) is 18.0. The monoisotopic (exact) mass is 372 g/mol. The maximum absolute atomic E-state index is 5.89. The molecule has 1 aliphatic rings. The summed E-state index contributed by atoms with van der Waals surface area (Å²) in [6.07, 6.45) is 0.475. The molecule has 0 bridgehead atoms. The van der Waals surface area contributed by atoms with Crippen LogP contribution in [-0.4, -0.2) is 39.3 Å². The highest BCUT2D eigenvalue weighted by molar-refractivity contribution is 5.26. The summed E-state index contributed by atoms with van der Waals surface area (Å²) in [4.78, 5) is 0. The van der Waals surface area contributed by atoms with Crippen molar-refractivity contribution in [2.75, 3.05) is 27.1 Å². The summed E-state index contributed by atoms with van der Waals surface area (Å²) >= 11 is 0. The van der Waals surface area contributed by atoms with E-state index in [4.69, 9.17) is 23.7 Å². The number of rotatable bonds is 12. The minimum Gasteiger partial charge on any atom is -0.497 e. The molecule has 27 heavy (non-hydrogen) atoms. The van der Waals surface area contributed by atoms with Gasteiger partial charge in [-0.3, -0.25) is 0 Å². The number of hydrogen-bond donors (Lipinski definition) is 0. The summed E-state index contributed by atoms with van der Waals surface area (Å²) < 4.78 is 28.0. The van der Waals surface area contributed by atoms with Gasteiger partial charge >= 0.3 is 0 Å². The smallest absolute Gasteiger partial charge is 0.147 e.